The first-order valence-corrected chi connectivity index (χ1v) is 9.16. The number of carbonyl (C=O) groups is 1. The van der Waals surface area contributed by atoms with E-state index in [-0.39, 0.29) is 11.6 Å². The number of fused-ring (bicyclic) bond motifs is 1. The van der Waals surface area contributed by atoms with Crippen molar-refractivity contribution in [1.82, 2.24) is 20.3 Å². The molecule has 0 aliphatic carbocycles. The maximum atomic E-state index is 12.3. The van der Waals surface area contributed by atoms with E-state index in [1.165, 1.54) is 12.4 Å². The Kier molecular flexibility index (Phi) is 5.16. The molecule has 0 fully saturated rings. The van der Waals surface area contributed by atoms with Gasteiger partial charge in [-0.3, -0.25) is 4.79 Å². The number of carbonyl (C=O) groups excluding carboxylic acids is 1. The second-order valence-corrected chi connectivity index (χ2v) is 6.43. The van der Waals surface area contributed by atoms with E-state index in [1.54, 1.807) is 18.2 Å². The number of nitrogens with zero attached hydrogens (tertiary/aromatic N) is 3. The van der Waals surface area contributed by atoms with Gasteiger partial charge in [-0.1, -0.05) is 30.3 Å². The summed E-state index contributed by atoms with van der Waals surface area (Å²) in [4.78, 5) is 23.9. The van der Waals surface area contributed by atoms with Gasteiger partial charge in [0.15, 0.2) is 0 Å². The van der Waals surface area contributed by atoms with Crippen LogP contribution in [0.25, 0.3) is 10.9 Å². The molecule has 7 nitrogen and oxygen atoms in total. The fourth-order valence-electron chi connectivity index (χ4n) is 3.08. The molecule has 7 heteroatoms. The smallest absolute Gasteiger partial charge is 0.271 e. The second kappa shape index (κ2) is 8.23. The first-order chi connectivity index (χ1) is 14.2. The van der Waals surface area contributed by atoms with Crippen molar-refractivity contribution >= 4 is 28.3 Å². The number of H-pyrrole nitrogens is 1. The molecule has 2 aromatic carbocycles. The summed E-state index contributed by atoms with van der Waals surface area (Å²) in [5, 5.41) is 16.2. The zero-order valence-corrected chi connectivity index (χ0v) is 15.5. The van der Waals surface area contributed by atoms with Crippen molar-refractivity contribution < 1.29 is 4.79 Å². The quantitative estimate of drug-likeness (QED) is 0.473. The lowest BCUT2D eigenvalue weighted by molar-refractivity contribution is 0.0949. The number of rotatable bonds is 6. The van der Waals surface area contributed by atoms with Crippen LogP contribution in [0.15, 0.2) is 67.1 Å². The average molecular weight is 382 g/mol. The van der Waals surface area contributed by atoms with Crippen molar-refractivity contribution in [2.24, 2.45) is 0 Å². The van der Waals surface area contributed by atoms with Crippen molar-refractivity contribution in [3.8, 4) is 6.07 Å². The molecule has 1 amide bonds. The molecule has 0 unspecified atom stereocenters. The van der Waals surface area contributed by atoms with E-state index in [2.05, 4.69) is 37.7 Å². The van der Waals surface area contributed by atoms with Crippen LogP contribution >= 0.6 is 0 Å². The largest absolute Gasteiger partial charge is 0.361 e. The Balaban J connectivity index is 1.35. The highest BCUT2D eigenvalue weighted by Crippen LogP contribution is 2.19. The number of para-hydroxylation sites is 2. The summed E-state index contributed by atoms with van der Waals surface area (Å²) in [6.45, 7) is 0.498. The van der Waals surface area contributed by atoms with Crippen molar-refractivity contribution in [3.63, 3.8) is 0 Å². The number of amides is 1. The molecule has 0 atom stereocenters. The summed E-state index contributed by atoms with van der Waals surface area (Å²) in [6, 6.07) is 17.3. The van der Waals surface area contributed by atoms with Gasteiger partial charge >= 0.3 is 0 Å². The summed E-state index contributed by atoms with van der Waals surface area (Å²) in [5.74, 6) is 0.185. The average Bonchev–Trinajstić information content (AvgIpc) is 3.18. The van der Waals surface area contributed by atoms with Crippen molar-refractivity contribution in [2.45, 2.75) is 6.42 Å². The van der Waals surface area contributed by atoms with E-state index in [0.29, 0.717) is 30.0 Å². The van der Waals surface area contributed by atoms with Crippen LogP contribution in [-0.4, -0.2) is 27.4 Å². The molecule has 0 saturated heterocycles. The Morgan fingerprint density at radius 3 is 2.72 bits per heavy atom. The highest BCUT2D eigenvalue weighted by molar-refractivity contribution is 5.92. The molecule has 2 heterocycles. The number of aromatic amines is 1. The summed E-state index contributed by atoms with van der Waals surface area (Å²) in [6.07, 6.45) is 5.57. The predicted molar refractivity (Wildman–Crippen MR) is 111 cm³/mol. The standard InChI is InChI=1S/C22H18N6O/c23-11-15-5-1-3-7-18(15)28-21-14-26-20(13-27-21)22(29)24-10-9-16-12-25-19-8-4-2-6-17(16)19/h1-8,12-14,25H,9-10H2,(H,24,29)(H,27,28). The minimum absolute atomic E-state index is 0.239. The Morgan fingerprint density at radius 2 is 1.90 bits per heavy atom. The number of benzene rings is 2. The normalized spacial score (nSPS) is 10.4. The lowest BCUT2D eigenvalue weighted by Gasteiger charge is -2.08. The Morgan fingerprint density at radius 1 is 1.07 bits per heavy atom. The van der Waals surface area contributed by atoms with Gasteiger partial charge in [-0.05, 0) is 30.2 Å². The van der Waals surface area contributed by atoms with Crippen LogP contribution in [0, 0.1) is 11.3 Å². The van der Waals surface area contributed by atoms with Crippen molar-refractivity contribution in [3.05, 3.63) is 83.9 Å². The van der Waals surface area contributed by atoms with E-state index in [4.69, 9.17) is 5.26 Å². The fourth-order valence-corrected chi connectivity index (χ4v) is 3.08. The van der Waals surface area contributed by atoms with Gasteiger partial charge in [0, 0.05) is 23.6 Å². The zero-order valence-electron chi connectivity index (χ0n) is 15.5. The lowest BCUT2D eigenvalue weighted by atomic mass is 10.1. The fraction of sp³-hybridized carbons (Fsp3) is 0.0909. The van der Waals surface area contributed by atoms with Crippen LogP contribution in [0.4, 0.5) is 11.5 Å². The van der Waals surface area contributed by atoms with Crippen molar-refractivity contribution in [1.29, 1.82) is 5.26 Å². The van der Waals surface area contributed by atoms with Crippen LogP contribution in [0.5, 0.6) is 0 Å². The SMILES string of the molecule is N#Cc1ccccc1Nc1cnc(C(=O)NCCc2c[nH]c3ccccc23)cn1. The molecule has 0 saturated carbocycles. The molecule has 0 bridgehead atoms. The minimum atomic E-state index is -0.277. The summed E-state index contributed by atoms with van der Waals surface area (Å²) < 4.78 is 0. The van der Waals surface area contributed by atoms with Gasteiger partial charge in [0.05, 0.1) is 23.6 Å². The number of nitriles is 1. The number of nitrogens with one attached hydrogen (secondary N) is 3. The summed E-state index contributed by atoms with van der Waals surface area (Å²) >= 11 is 0. The van der Waals surface area contributed by atoms with Crippen LogP contribution in [-0.2, 0) is 6.42 Å². The minimum Gasteiger partial charge on any atom is -0.361 e. The van der Waals surface area contributed by atoms with E-state index in [0.717, 1.165) is 16.5 Å². The molecule has 4 aromatic rings. The third-order valence-electron chi connectivity index (χ3n) is 4.55. The molecule has 2 aromatic heterocycles. The maximum Gasteiger partial charge on any atom is 0.271 e. The van der Waals surface area contributed by atoms with Gasteiger partial charge in [-0.2, -0.15) is 5.26 Å². The van der Waals surface area contributed by atoms with Gasteiger partial charge in [-0.25, -0.2) is 9.97 Å². The first-order valence-electron chi connectivity index (χ1n) is 9.16. The third-order valence-corrected chi connectivity index (χ3v) is 4.55. The van der Waals surface area contributed by atoms with Gasteiger partial charge in [-0.15, -0.1) is 0 Å². The Bertz CT molecular complexity index is 1190. The highest BCUT2D eigenvalue weighted by atomic mass is 16.1. The van der Waals surface area contributed by atoms with Gasteiger partial charge < -0.3 is 15.6 Å². The second-order valence-electron chi connectivity index (χ2n) is 6.43. The number of hydrogen-bond acceptors (Lipinski definition) is 5. The number of hydrogen-bond donors (Lipinski definition) is 3. The molecule has 142 valence electrons. The van der Waals surface area contributed by atoms with Crippen LogP contribution in [0.2, 0.25) is 0 Å². The van der Waals surface area contributed by atoms with Gasteiger partial charge in [0.2, 0.25) is 0 Å². The molecule has 0 aliphatic heterocycles. The van der Waals surface area contributed by atoms with E-state index in [1.807, 2.05) is 30.5 Å². The maximum absolute atomic E-state index is 12.3. The van der Waals surface area contributed by atoms with Crippen molar-refractivity contribution in [2.75, 3.05) is 11.9 Å². The predicted octanol–water partition coefficient (Wildman–Crippen LogP) is 3.55. The molecule has 3 N–H and O–H groups in total. The zero-order chi connectivity index (χ0) is 20.1. The van der Waals surface area contributed by atoms with E-state index in [9.17, 15) is 4.79 Å². The molecule has 0 radical (unpaired) electrons. The lowest BCUT2D eigenvalue weighted by Crippen LogP contribution is -2.26. The van der Waals surface area contributed by atoms with E-state index >= 15 is 0 Å². The Labute approximate surface area is 167 Å². The summed E-state index contributed by atoms with van der Waals surface area (Å²) in [7, 11) is 0. The van der Waals surface area contributed by atoms with Gasteiger partial charge in [0.1, 0.15) is 17.6 Å². The number of anilines is 2. The molecule has 4 rings (SSSR count). The van der Waals surface area contributed by atoms with E-state index < -0.39 is 0 Å². The molecule has 29 heavy (non-hydrogen) atoms. The van der Waals surface area contributed by atoms with Gasteiger partial charge in [0.25, 0.3) is 5.91 Å². The first kappa shape index (κ1) is 18.2. The summed E-state index contributed by atoms with van der Waals surface area (Å²) in [5.41, 5.74) is 3.63. The highest BCUT2D eigenvalue weighted by Gasteiger charge is 2.09. The molecular weight excluding hydrogens is 364 g/mol. The molecule has 0 aliphatic rings. The Hall–Kier alpha value is -4.18. The van der Waals surface area contributed by atoms with Crippen LogP contribution < -0.4 is 10.6 Å². The molecular formula is C22H18N6O. The van der Waals surface area contributed by atoms with Crippen LogP contribution in [0.3, 0.4) is 0 Å². The molecule has 0 spiro atoms. The number of aromatic nitrogens is 3. The van der Waals surface area contributed by atoms with Crippen LogP contribution in [0.1, 0.15) is 21.6 Å². The topological polar surface area (TPSA) is 106 Å². The third kappa shape index (κ3) is 4.06. The monoisotopic (exact) mass is 382 g/mol.